The summed E-state index contributed by atoms with van der Waals surface area (Å²) in [5, 5.41) is 8.42. The first-order valence-electron chi connectivity index (χ1n) is 5.52. The van der Waals surface area contributed by atoms with Crippen molar-refractivity contribution in [1.29, 1.82) is 0 Å². The third-order valence-corrected chi connectivity index (χ3v) is 5.05. The van der Waals surface area contributed by atoms with Crippen LogP contribution in [0.5, 0.6) is 5.75 Å². The normalized spacial score (nSPS) is 11.8. The molecule has 0 atom stereocenters. The molecule has 0 spiro atoms. The number of alkyl halides is 3. The van der Waals surface area contributed by atoms with Gasteiger partial charge >= 0.3 is 6.18 Å². The van der Waals surface area contributed by atoms with Crippen molar-refractivity contribution in [2.45, 2.75) is 6.18 Å². The van der Waals surface area contributed by atoms with Gasteiger partial charge < -0.3 is 10.1 Å². The number of benzene rings is 1. The molecule has 1 aromatic heterocycles. The molecule has 0 radical (unpaired) electrons. The van der Waals surface area contributed by atoms with Crippen LogP contribution in [0, 0.1) is 0 Å². The van der Waals surface area contributed by atoms with E-state index in [0.29, 0.717) is 6.07 Å². The maximum absolute atomic E-state index is 12.6. The first-order chi connectivity index (χ1) is 10.5. The van der Waals surface area contributed by atoms with E-state index in [2.05, 4.69) is 0 Å². The van der Waals surface area contributed by atoms with Crippen LogP contribution in [-0.4, -0.2) is 10.1 Å². The van der Waals surface area contributed by atoms with Gasteiger partial charge in [0.2, 0.25) is 0 Å². The molecule has 0 bridgehead atoms. The number of hydrogen-bond acceptors (Lipinski definition) is 2. The summed E-state index contributed by atoms with van der Waals surface area (Å²) in [6, 6.07) is 0.319. The van der Waals surface area contributed by atoms with E-state index >= 15 is 0 Å². The van der Waals surface area contributed by atoms with Gasteiger partial charge in [-0.2, -0.15) is 13.2 Å². The van der Waals surface area contributed by atoms with Gasteiger partial charge in [0.15, 0.2) is 0 Å². The van der Waals surface area contributed by atoms with Crippen molar-refractivity contribution in [2.75, 3.05) is 0 Å². The molecule has 124 valence electrons. The molecular formula is C12H3Cl5F3NO2. The monoisotopic (exact) mass is 425 g/mol. The summed E-state index contributed by atoms with van der Waals surface area (Å²) in [7, 11) is 0. The zero-order chi connectivity index (χ0) is 17.7. The molecule has 1 aromatic carbocycles. The summed E-state index contributed by atoms with van der Waals surface area (Å²) in [6.45, 7) is 0. The van der Waals surface area contributed by atoms with Gasteiger partial charge in [-0.25, -0.2) is 0 Å². The summed E-state index contributed by atoms with van der Waals surface area (Å²) in [5.41, 5.74) is -3.67. The molecular weight excluding hydrogens is 424 g/mol. The Hall–Kier alpha value is -0.790. The Kier molecular flexibility index (Phi) is 5.05. The van der Waals surface area contributed by atoms with Gasteiger partial charge in [-0.3, -0.25) is 4.79 Å². The highest BCUT2D eigenvalue weighted by Crippen LogP contribution is 2.49. The van der Waals surface area contributed by atoms with Crippen molar-refractivity contribution in [3.63, 3.8) is 0 Å². The van der Waals surface area contributed by atoms with Crippen LogP contribution >= 0.6 is 58.0 Å². The van der Waals surface area contributed by atoms with E-state index in [0.717, 1.165) is 0 Å². The van der Waals surface area contributed by atoms with Crippen LogP contribution < -0.4 is 5.56 Å². The predicted molar refractivity (Wildman–Crippen MR) is 84.2 cm³/mol. The Bertz CT molecular complexity index is 834. The molecule has 0 aliphatic rings. The van der Waals surface area contributed by atoms with E-state index in [4.69, 9.17) is 58.0 Å². The van der Waals surface area contributed by atoms with Crippen LogP contribution in [-0.2, 0) is 6.18 Å². The number of halogens is 8. The summed E-state index contributed by atoms with van der Waals surface area (Å²) in [4.78, 5) is 13.6. The average Bonchev–Trinajstić information content (AvgIpc) is 2.44. The Morgan fingerprint density at radius 1 is 0.870 bits per heavy atom. The lowest BCUT2D eigenvalue weighted by atomic mass is 10.1. The lowest BCUT2D eigenvalue weighted by Crippen LogP contribution is -2.18. The second kappa shape index (κ2) is 6.26. The number of rotatable bonds is 1. The minimum Gasteiger partial charge on any atom is -0.507 e. The van der Waals surface area contributed by atoms with Gasteiger partial charge in [-0.05, 0) is 0 Å². The molecule has 2 rings (SSSR count). The largest absolute Gasteiger partial charge is 0.507 e. The van der Waals surface area contributed by atoms with Crippen molar-refractivity contribution in [2.24, 2.45) is 0 Å². The summed E-state index contributed by atoms with van der Waals surface area (Å²) in [6.07, 6.45) is -4.86. The minimum atomic E-state index is -4.86. The number of nitrogens with one attached hydrogen (secondary N) is 1. The van der Waals surface area contributed by atoms with E-state index in [1.807, 2.05) is 0 Å². The number of aromatic nitrogens is 1. The third-order valence-electron chi connectivity index (χ3n) is 2.78. The first kappa shape index (κ1) is 18.5. The van der Waals surface area contributed by atoms with Crippen molar-refractivity contribution < 1.29 is 18.3 Å². The third kappa shape index (κ3) is 3.23. The van der Waals surface area contributed by atoms with Gasteiger partial charge in [0, 0.05) is 11.6 Å². The fourth-order valence-corrected chi connectivity index (χ4v) is 3.09. The molecule has 0 aliphatic carbocycles. The number of H-pyrrole nitrogens is 1. The van der Waals surface area contributed by atoms with Crippen molar-refractivity contribution in [3.8, 4) is 16.9 Å². The quantitative estimate of drug-likeness (QED) is 0.431. The first-order valence-corrected chi connectivity index (χ1v) is 7.41. The van der Waals surface area contributed by atoms with Crippen LogP contribution in [0.3, 0.4) is 0 Å². The fraction of sp³-hybridized carbons (Fsp3) is 0.0833. The smallest absolute Gasteiger partial charge is 0.431 e. The average molecular weight is 427 g/mol. The molecule has 2 N–H and O–H groups in total. The van der Waals surface area contributed by atoms with Crippen LogP contribution in [0.1, 0.15) is 5.69 Å². The van der Waals surface area contributed by atoms with Gasteiger partial charge in [-0.1, -0.05) is 58.0 Å². The Labute approximate surface area is 151 Å². The highest BCUT2D eigenvalue weighted by molar-refractivity contribution is 6.56. The topological polar surface area (TPSA) is 53.1 Å². The molecule has 0 saturated heterocycles. The highest BCUT2D eigenvalue weighted by atomic mass is 35.5. The summed E-state index contributed by atoms with van der Waals surface area (Å²) >= 11 is 29.3. The van der Waals surface area contributed by atoms with Crippen LogP contribution in [0.2, 0.25) is 25.1 Å². The standard InChI is InChI=1S/C12H3Cl5F3NO2/c13-6-5(7(14)9(16)10(17)8(6)15)4-2(22)1-3(12(18,19)20)21-11(4)23/h1H,(H2,21,22,23). The molecule has 3 nitrogen and oxygen atoms in total. The Morgan fingerprint density at radius 3 is 1.70 bits per heavy atom. The number of aromatic hydroxyl groups is 1. The maximum atomic E-state index is 12.6. The van der Waals surface area contributed by atoms with Gasteiger partial charge in [0.05, 0.1) is 30.7 Å². The van der Waals surface area contributed by atoms with E-state index in [-0.39, 0.29) is 30.7 Å². The van der Waals surface area contributed by atoms with Gasteiger partial charge in [0.25, 0.3) is 5.56 Å². The molecule has 2 aromatic rings. The molecule has 1 heterocycles. The molecule has 0 aliphatic heterocycles. The predicted octanol–water partition coefficient (Wildman–Crippen LogP) is 6.03. The number of hydrogen-bond donors (Lipinski definition) is 2. The minimum absolute atomic E-state index is 0.199. The summed E-state index contributed by atoms with van der Waals surface area (Å²) < 4.78 is 37.9. The highest BCUT2D eigenvalue weighted by Gasteiger charge is 2.34. The molecule has 0 amide bonds. The van der Waals surface area contributed by atoms with Crippen molar-refractivity contribution in [1.82, 2.24) is 4.98 Å². The van der Waals surface area contributed by atoms with Crippen LogP contribution in [0.25, 0.3) is 11.1 Å². The van der Waals surface area contributed by atoms with Crippen LogP contribution in [0.15, 0.2) is 10.9 Å². The molecule has 0 saturated carbocycles. The Balaban J connectivity index is 2.87. The van der Waals surface area contributed by atoms with Gasteiger partial charge in [-0.15, -0.1) is 0 Å². The zero-order valence-electron chi connectivity index (χ0n) is 10.5. The zero-order valence-corrected chi connectivity index (χ0v) is 14.2. The SMILES string of the molecule is O=c1[nH]c(C(F)(F)F)cc(O)c1-c1c(Cl)c(Cl)c(Cl)c(Cl)c1Cl. The fourth-order valence-electron chi connectivity index (χ4n) is 1.76. The summed E-state index contributed by atoms with van der Waals surface area (Å²) in [5.74, 6) is -1.00. The van der Waals surface area contributed by atoms with Crippen LogP contribution in [0.4, 0.5) is 13.2 Å². The lowest BCUT2D eigenvalue weighted by Gasteiger charge is -2.14. The van der Waals surface area contributed by atoms with Gasteiger partial charge in [0.1, 0.15) is 11.4 Å². The maximum Gasteiger partial charge on any atom is 0.431 e. The molecule has 23 heavy (non-hydrogen) atoms. The van der Waals surface area contributed by atoms with Crippen molar-refractivity contribution in [3.05, 3.63) is 47.2 Å². The van der Waals surface area contributed by atoms with E-state index in [9.17, 15) is 23.1 Å². The lowest BCUT2D eigenvalue weighted by molar-refractivity contribution is -0.141. The molecule has 11 heteroatoms. The molecule has 0 unspecified atom stereocenters. The van der Waals surface area contributed by atoms with E-state index in [1.165, 1.54) is 0 Å². The van der Waals surface area contributed by atoms with Crippen molar-refractivity contribution >= 4 is 58.0 Å². The number of pyridine rings is 1. The number of aromatic amines is 1. The second-order valence-electron chi connectivity index (χ2n) is 4.22. The second-order valence-corrected chi connectivity index (χ2v) is 6.10. The Morgan fingerprint density at radius 2 is 1.30 bits per heavy atom. The van der Waals surface area contributed by atoms with E-state index < -0.39 is 28.7 Å². The molecule has 0 fully saturated rings. The van der Waals surface area contributed by atoms with E-state index in [1.54, 1.807) is 4.98 Å².